The normalized spacial score (nSPS) is 24.8. The molecule has 2 aliphatic rings. The van der Waals surface area contributed by atoms with Gasteiger partial charge in [-0.2, -0.15) is 11.8 Å². The lowest BCUT2D eigenvalue weighted by molar-refractivity contribution is -0.136. The number of H-pyrrole nitrogens is 1. The van der Waals surface area contributed by atoms with Crippen LogP contribution in [0.2, 0.25) is 0 Å². The largest absolute Gasteiger partial charge is 0.383 e. The van der Waals surface area contributed by atoms with Crippen molar-refractivity contribution in [3.63, 3.8) is 0 Å². The van der Waals surface area contributed by atoms with Gasteiger partial charge in [-0.15, -0.1) is 0 Å². The van der Waals surface area contributed by atoms with Gasteiger partial charge in [0.2, 0.25) is 5.91 Å². The van der Waals surface area contributed by atoms with Crippen LogP contribution in [0.15, 0.2) is 6.33 Å². The van der Waals surface area contributed by atoms with E-state index in [9.17, 15) is 4.79 Å². The van der Waals surface area contributed by atoms with E-state index < -0.39 is 0 Å². The van der Waals surface area contributed by atoms with E-state index >= 15 is 0 Å². The van der Waals surface area contributed by atoms with Crippen LogP contribution in [-0.2, 0) is 22.5 Å². The number of ether oxygens (including phenoxy) is 1. The number of imidazole rings is 1. The number of nitrogens with one attached hydrogen (secondary N) is 2. The summed E-state index contributed by atoms with van der Waals surface area (Å²) in [5.41, 5.74) is 2.11. The van der Waals surface area contributed by atoms with E-state index in [1.807, 2.05) is 16.7 Å². The number of carbonyl (C=O) groups is 1. The molecule has 1 amide bonds. The molecule has 1 aromatic heterocycles. The first kappa shape index (κ1) is 14.9. The summed E-state index contributed by atoms with van der Waals surface area (Å²) < 4.78 is 5.17. The molecule has 3 rings (SSSR count). The van der Waals surface area contributed by atoms with Gasteiger partial charge in [0.25, 0.3) is 0 Å². The van der Waals surface area contributed by atoms with E-state index in [-0.39, 0.29) is 11.9 Å². The first-order valence-electron chi connectivity index (χ1n) is 7.41. The summed E-state index contributed by atoms with van der Waals surface area (Å²) in [6.45, 7) is 1.95. The Morgan fingerprint density at radius 1 is 1.62 bits per heavy atom. The maximum Gasteiger partial charge on any atom is 0.240 e. The standard InChI is InChI=1S/C14H22N4O2S/c1-20-4-3-18(10-2-5-21-8-10)14(19)12-6-11-13(7-15-12)17-9-16-11/h9-10,12,15H,2-8H2,1H3,(H,16,17). The number of hydrogen-bond acceptors (Lipinski definition) is 5. The topological polar surface area (TPSA) is 70.2 Å². The summed E-state index contributed by atoms with van der Waals surface area (Å²) >= 11 is 1.93. The molecule has 0 aromatic carbocycles. The highest BCUT2D eigenvalue weighted by atomic mass is 32.2. The van der Waals surface area contributed by atoms with Crippen molar-refractivity contribution in [2.24, 2.45) is 0 Å². The Bertz CT molecular complexity index is 487. The molecule has 3 heterocycles. The molecule has 116 valence electrons. The van der Waals surface area contributed by atoms with Crippen molar-refractivity contribution in [2.75, 3.05) is 31.8 Å². The van der Waals surface area contributed by atoms with Gasteiger partial charge >= 0.3 is 0 Å². The van der Waals surface area contributed by atoms with Crippen LogP contribution in [0.25, 0.3) is 0 Å². The SMILES string of the molecule is COCCN(C(=O)C1Cc2nc[nH]c2CN1)C1CCSC1. The third kappa shape index (κ3) is 3.25. The molecule has 1 saturated heterocycles. The Labute approximate surface area is 129 Å². The molecule has 6 nitrogen and oxygen atoms in total. The number of aromatic nitrogens is 2. The second-order valence-electron chi connectivity index (χ2n) is 5.51. The number of fused-ring (bicyclic) bond motifs is 1. The lowest BCUT2D eigenvalue weighted by atomic mass is 10.0. The average Bonchev–Trinajstić information content (AvgIpc) is 3.18. The predicted octanol–water partition coefficient (Wildman–Crippen LogP) is 0.405. The first-order valence-corrected chi connectivity index (χ1v) is 8.56. The molecular formula is C14H22N4O2S. The Morgan fingerprint density at radius 3 is 3.29 bits per heavy atom. The lowest BCUT2D eigenvalue weighted by Crippen LogP contribution is -2.53. The number of nitrogens with zero attached hydrogens (tertiary/aromatic N) is 2. The Balaban J connectivity index is 1.68. The zero-order chi connectivity index (χ0) is 14.7. The Kier molecular flexibility index (Phi) is 4.82. The smallest absolute Gasteiger partial charge is 0.240 e. The minimum Gasteiger partial charge on any atom is -0.383 e. The minimum absolute atomic E-state index is 0.164. The fourth-order valence-electron chi connectivity index (χ4n) is 2.97. The summed E-state index contributed by atoms with van der Waals surface area (Å²) in [6, 6.07) is 0.184. The Morgan fingerprint density at radius 2 is 2.52 bits per heavy atom. The number of methoxy groups -OCH3 is 1. The van der Waals surface area contributed by atoms with Crippen LogP contribution in [0.3, 0.4) is 0 Å². The van der Waals surface area contributed by atoms with Crippen LogP contribution in [0.1, 0.15) is 17.8 Å². The third-order valence-electron chi connectivity index (χ3n) is 4.19. The second-order valence-corrected chi connectivity index (χ2v) is 6.66. The summed E-state index contributed by atoms with van der Waals surface area (Å²) in [6.07, 6.45) is 3.46. The molecule has 7 heteroatoms. The highest BCUT2D eigenvalue weighted by Gasteiger charge is 2.33. The van der Waals surface area contributed by atoms with Crippen molar-refractivity contribution < 1.29 is 9.53 Å². The number of rotatable bonds is 5. The number of carbonyl (C=O) groups excluding carboxylic acids is 1. The molecule has 0 bridgehead atoms. The molecule has 1 aromatic rings. The molecule has 0 radical (unpaired) electrons. The van der Waals surface area contributed by atoms with E-state index in [0.717, 1.165) is 29.3 Å². The van der Waals surface area contributed by atoms with E-state index in [4.69, 9.17) is 4.74 Å². The quantitative estimate of drug-likeness (QED) is 0.824. The van der Waals surface area contributed by atoms with E-state index in [2.05, 4.69) is 15.3 Å². The Hall–Kier alpha value is -1.05. The van der Waals surface area contributed by atoms with Crippen molar-refractivity contribution in [3.8, 4) is 0 Å². The van der Waals surface area contributed by atoms with Gasteiger partial charge in [0.05, 0.1) is 30.4 Å². The van der Waals surface area contributed by atoms with Crippen molar-refractivity contribution in [2.45, 2.75) is 31.5 Å². The monoisotopic (exact) mass is 310 g/mol. The van der Waals surface area contributed by atoms with E-state index in [1.165, 1.54) is 0 Å². The van der Waals surface area contributed by atoms with Gasteiger partial charge in [-0.05, 0) is 12.2 Å². The third-order valence-corrected chi connectivity index (χ3v) is 5.34. The molecule has 2 atom stereocenters. The van der Waals surface area contributed by atoms with Crippen LogP contribution in [0.4, 0.5) is 0 Å². The van der Waals surface area contributed by atoms with Gasteiger partial charge in [-0.1, -0.05) is 0 Å². The van der Waals surface area contributed by atoms with Crippen molar-refractivity contribution in [1.29, 1.82) is 0 Å². The van der Waals surface area contributed by atoms with Gasteiger partial charge in [0.15, 0.2) is 0 Å². The zero-order valence-electron chi connectivity index (χ0n) is 12.3. The molecule has 1 fully saturated rings. The molecule has 21 heavy (non-hydrogen) atoms. The van der Waals surface area contributed by atoms with Gasteiger partial charge < -0.3 is 14.6 Å². The predicted molar refractivity (Wildman–Crippen MR) is 82.2 cm³/mol. The first-order chi connectivity index (χ1) is 10.3. The summed E-state index contributed by atoms with van der Waals surface area (Å²) in [5.74, 6) is 2.37. The molecule has 2 unspecified atom stereocenters. The van der Waals surface area contributed by atoms with Gasteiger partial charge in [-0.25, -0.2) is 4.98 Å². The minimum atomic E-state index is -0.164. The van der Waals surface area contributed by atoms with Crippen LogP contribution in [-0.4, -0.2) is 64.6 Å². The zero-order valence-corrected chi connectivity index (χ0v) is 13.1. The van der Waals surface area contributed by atoms with Crippen LogP contribution in [0, 0.1) is 0 Å². The molecule has 0 aliphatic carbocycles. The van der Waals surface area contributed by atoms with Crippen molar-refractivity contribution >= 4 is 17.7 Å². The van der Waals surface area contributed by atoms with E-state index in [1.54, 1.807) is 13.4 Å². The number of amides is 1. The summed E-state index contributed by atoms with van der Waals surface area (Å²) in [5, 5.41) is 3.33. The van der Waals surface area contributed by atoms with Crippen LogP contribution < -0.4 is 5.32 Å². The second kappa shape index (κ2) is 6.81. The molecular weight excluding hydrogens is 288 g/mol. The number of thioether (sulfide) groups is 1. The highest BCUT2D eigenvalue weighted by Crippen LogP contribution is 2.24. The maximum absolute atomic E-state index is 12.9. The molecule has 0 spiro atoms. The lowest BCUT2D eigenvalue weighted by Gasteiger charge is -2.33. The van der Waals surface area contributed by atoms with Crippen molar-refractivity contribution in [1.82, 2.24) is 20.2 Å². The maximum atomic E-state index is 12.9. The van der Waals surface area contributed by atoms with Crippen molar-refractivity contribution in [3.05, 3.63) is 17.7 Å². The summed E-state index contributed by atoms with van der Waals surface area (Å²) in [4.78, 5) is 22.3. The number of aromatic amines is 1. The van der Waals surface area contributed by atoms with Gasteiger partial charge in [0.1, 0.15) is 0 Å². The van der Waals surface area contributed by atoms with Gasteiger partial charge in [-0.3, -0.25) is 10.1 Å². The van der Waals surface area contributed by atoms with E-state index in [0.29, 0.717) is 32.2 Å². The highest BCUT2D eigenvalue weighted by molar-refractivity contribution is 7.99. The summed E-state index contributed by atoms with van der Waals surface area (Å²) in [7, 11) is 1.68. The fourth-order valence-corrected chi connectivity index (χ4v) is 4.20. The molecule has 2 N–H and O–H groups in total. The molecule has 2 aliphatic heterocycles. The van der Waals surface area contributed by atoms with Gasteiger partial charge in [0, 0.05) is 38.4 Å². The molecule has 0 saturated carbocycles. The van der Waals surface area contributed by atoms with Crippen LogP contribution in [0.5, 0.6) is 0 Å². The number of hydrogen-bond donors (Lipinski definition) is 2. The van der Waals surface area contributed by atoms with Crippen LogP contribution >= 0.6 is 11.8 Å². The fraction of sp³-hybridized carbons (Fsp3) is 0.714. The average molecular weight is 310 g/mol.